The van der Waals surface area contributed by atoms with Crippen molar-refractivity contribution >= 4 is 5.97 Å². The predicted octanol–water partition coefficient (Wildman–Crippen LogP) is 4.66. The molecule has 0 N–H and O–H groups in total. The first-order valence-corrected chi connectivity index (χ1v) is 7.69. The van der Waals surface area contributed by atoms with Gasteiger partial charge in [0.15, 0.2) is 0 Å². The van der Waals surface area contributed by atoms with E-state index in [1.54, 1.807) is 0 Å². The topological polar surface area (TPSA) is 39.2 Å². The van der Waals surface area contributed by atoms with Crippen LogP contribution < -0.4 is 0 Å². The van der Waals surface area contributed by atoms with E-state index in [2.05, 4.69) is 11.9 Å². The van der Waals surface area contributed by atoms with Crippen LogP contribution in [0.1, 0.15) is 50.2 Å². The highest BCUT2D eigenvalue weighted by Gasteiger charge is 2.21. The van der Waals surface area contributed by atoms with Gasteiger partial charge >= 0.3 is 5.97 Å². The summed E-state index contributed by atoms with van der Waals surface area (Å²) in [5.74, 6) is -0.303. The molecule has 0 amide bonds. The molecule has 1 heterocycles. The average Bonchev–Trinajstić information content (AvgIpc) is 2.46. The molecule has 1 aromatic heterocycles. The summed E-state index contributed by atoms with van der Waals surface area (Å²) in [5, 5.41) is 0. The molecule has 2 rings (SSSR count). The molecule has 0 saturated heterocycles. The zero-order valence-electron chi connectivity index (χ0n) is 13.7. The Morgan fingerprint density at radius 1 is 1.09 bits per heavy atom. The Bertz CT molecular complexity index is 642. The molecule has 0 spiro atoms. The SMILES string of the molecule is CCCc1nc(-c2ccccc2)ccc1C(=O)OC(C)(C)C. The smallest absolute Gasteiger partial charge is 0.340 e. The highest BCUT2D eigenvalue weighted by atomic mass is 16.6. The number of ether oxygens (including phenoxy) is 1. The van der Waals surface area contributed by atoms with Crippen molar-refractivity contribution in [1.82, 2.24) is 4.98 Å². The molecule has 0 aliphatic heterocycles. The van der Waals surface area contributed by atoms with Crippen LogP contribution in [0.3, 0.4) is 0 Å². The van der Waals surface area contributed by atoms with Crippen LogP contribution in [0, 0.1) is 0 Å². The van der Waals surface area contributed by atoms with E-state index in [-0.39, 0.29) is 5.97 Å². The van der Waals surface area contributed by atoms with Gasteiger partial charge in [0.2, 0.25) is 0 Å². The van der Waals surface area contributed by atoms with Crippen LogP contribution in [-0.4, -0.2) is 16.6 Å². The van der Waals surface area contributed by atoms with Gasteiger partial charge in [0.25, 0.3) is 0 Å². The minimum absolute atomic E-state index is 0.303. The number of esters is 1. The Morgan fingerprint density at radius 3 is 2.36 bits per heavy atom. The Balaban J connectivity index is 2.37. The van der Waals surface area contributed by atoms with Gasteiger partial charge in [0.1, 0.15) is 5.60 Å². The highest BCUT2D eigenvalue weighted by Crippen LogP contribution is 2.21. The summed E-state index contributed by atoms with van der Waals surface area (Å²) < 4.78 is 5.48. The van der Waals surface area contributed by atoms with Crippen molar-refractivity contribution in [2.45, 2.75) is 46.1 Å². The van der Waals surface area contributed by atoms with Gasteiger partial charge < -0.3 is 4.74 Å². The molecule has 2 aromatic rings. The summed E-state index contributed by atoms with van der Waals surface area (Å²) >= 11 is 0. The van der Waals surface area contributed by atoms with Crippen LogP contribution in [0.15, 0.2) is 42.5 Å². The first kappa shape index (κ1) is 16.2. The van der Waals surface area contributed by atoms with Gasteiger partial charge in [-0.05, 0) is 39.3 Å². The number of nitrogens with zero attached hydrogens (tertiary/aromatic N) is 1. The summed E-state index contributed by atoms with van der Waals surface area (Å²) in [6.45, 7) is 7.69. The van der Waals surface area contributed by atoms with Gasteiger partial charge in [-0.2, -0.15) is 0 Å². The lowest BCUT2D eigenvalue weighted by molar-refractivity contribution is 0.00678. The fraction of sp³-hybridized carbons (Fsp3) is 0.368. The van der Waals surface area contributed by atoms with Crippen molar-refractivity contribution in [2.24, 2.45) is 0 Å². The van der Waals surface area contributed by atoms with E-state index < -0.39 is 5.60 Å². The zero-order chi connectivity index (χ0) is 16.2. The summed E-state index contributed by atoms with van der Waals surface area (Å²) in [6.07, 6.45) is 1.69. The number of rotatable bonds is 4. The Kier molecular flexibility index (Phi) is 4.96. The molecular formula is C19H23NO2. The quantitative estimate of drug-likeness (QED) is 0.771. The predicted molar refractivity (Wildman–Crippen MR) is 88.8 cm³/mol. The molecule has 0 atom stereocenters. The largest absolute Gasteiger partial charge is 0.456 e. The van der Waals surface area contributed by atoms with Crippen molar-refractivity contribution in [2.75, 3.05) is 0 Å². The number of carbonyl (C=O) groups is 1. The van der Waals surface area contributed by atoms with Crippen LogP contribution in [-0.2, 0) is 11.2 Å². The third kappa shape index (κ3) is 4.17. The maximum atomic E-state index is 12.3. The van der Waals surface area contributed by atoms with Gasteiger partial charge in [-0.15, -0.1) is 0 Å². The van der Waals surface area contributed by atoms with E-state index in [0.29, 0.717) is 5.56 Å². The minimum atomic E-state index is -0.501. The molecule has 1 aromatic carbocycles. The lowest BCUT2D eigenvalue weighted by Gasteiger charge is -2.20. The van der Waals surface area contributed by atoms with Crippen LogP contribution >= 0.6 is 0 Å². The van der Waals surface area contributed by atoms with Crippen molar-refractivity contribution in [3.63, 3.8) is 0 Å². The molecule has 0 saturated carbocycles. The van der Waals surface area contributed by atoms with E-state index in [1.807, 2.05) is 63.2 Å². The molecule has 0 bridgehead atoms. The highest BCUT2D eigenvalue weighted by molar-refractivity contribution is 5.91. The van der Waals surface area contributed by atoms with E-state index in [1.165, 1.54) is 0 Å². The molecule has 22 heavy (non-hydrogen) atoms. The van der Waals surface area contributed by atoms with Crippen molar-refractivity contribution in [3.8, 4) is 11.3 Å². The number of hydrogen-bond acceptors (Lipinski definition) is 3. The first-order valence-electron chi connectivity index (χ1n) is 7.69. The molecular weight excluding hydrogens is 274 g/mol. The van der Waals surface area contributed by atoms with Gasteiger partial charge in [0, 0.05) is 5.56 Å². The van der Waals surface area contributed by atoms with Crippen molar-refractivity contribution < 1.29 is 9.53 Å². The summed E-state index contributed by atoms with van der Waals surface area (Å²) in [5.41, 5.74) is 2.81. The Hall–Kier alpha value is -2.16. The average molecular weight is 297 g/mol. The van der Waals surface area contributed by atoms with Gasteiger partial charge in [-0.1, -0.05) is 43.7 Å². The summed E-state index contributed by atoms with van der Waals surface area (Å²) in [7, 11) is 0. The normalized spacial score (nSPS) is 11.3. The Labute approximate surface area is 132 Å². The molecule has 0 aliphatic carbocycles. The van der Waals surface area contributed by atoms with Crippen LogP contribution in [0.5, 0.6) is 0 Å². The molecule has 116 valence electrons. The second-order valence-corrected chi connectivity index (χ2v) is 6.31. The Morgan fingerprint density at radius 2 is 1.77 bits per heavy atom. The third-order valence-corrected chi connectivity index (χ3v) is 3.15. The van der Waals surface area contributed by atoms with Gasteiger partial charge in [-0.3, -0.25) is 4.98 Å². The fourth-order valence-corrected chi connectivity index (χ4v) is 2.22. The number of aryl methyl sites for hydroxylation is 1. The standard InChI is InChI=1S/C19H23NO2/c1-5-9-17-15(18(21)22-19(2,3)4)12-13-16(20-17)14-10-7-6-8-11-14/h6-8,10-13H,5,9H2,1-4H3. The molecule has 0 unspecified atom stereocenters. The lowest BCUT2D eigenvalue weighted by Crippen LogP contribution is -2.24. The molecule has 0 fully saturated rings. The third-order valence-electron chi connectivity index (χ3n) is 3.15. The second kappa shape index (κ2) is 6.73. The second-order valence-electron chi connectivity index (χ2n) is 6.31. The van der Waals surface area contributed by atoms with Gasteiger partial charge in [0.05, 0.1) is 17.0 Å². The molecule has 0 aliphatic rings. The number of pyridine rings is 1. The zero-order valence-corrected chi connectivity index (χ0v) is 13.7. The van der Waals surface area contributed by atoms with Crippen molar-refractivity contribution in [1.29, 1.82) is 0 Å². The summed E-state index contributed by atoms with van der Waals surface area (Å²) in [6, 6.07) is 13.7. The molecule has 3 nitrogen and oxygen atoms in total. The molecule has 3 heteroatoms. The van der Waals surface area contributed by atoms with E-state index >= 15 is 0 Å². The van der Waals surface area contributed by atoms with Crippen LogP contribution in [0.25, 0.3) is 11.3 Å². The van der Waals surface area contributed by atoms with E-state index in [0.717, 1.165) is 29.8 Å². The van der Waals surface area contributed by atoms with Crippen molar-refractivity contribution in [3.05, 3.63) is 53.7 Å². The van der Waals surface area contributed by atoms with Crippen LogP contribution in [0.4, 0.5) is 0 Å². The molecule has 0 radical (unpaired) electrons. The monoisotopic (exact) mass is 297 g/mol. The minimum Gasteiger partial charge on any atom is -0.456 e. The number of hydrogen-bond donors (Lipinski definition) is 0. The van der Waals surface area contributed by atoms with E-state index in [4.69, 9.17) is 4.74 Å². The summed E-state index contributed by atoms with van der Waals surface area (Å²) in [4.78, 5) is 17.0. The lowest BCUT2D eigenvalue weighted by atomic mass is 10.1. The van der Waals surface area contributed by atoms with Gasteiger partial charge in [-0.25, -0.2) is 4.79 Å². The number of benzene rings is 1. The van der Waals surface area contributed by atoms with E-state index in [9.17, 15) is 4.79 Å². The van der Waals surface area contributed by atoms with Crippen LogP contribution in [0.2, 0.25) is 0 Å². The first-order chi connectivity index (χ1) is 10.4. The maximum absolute atomic E-state index is 12.3. The maximum Gasteiger partial charge on any atom is 0.340 e. The fourth-order valence-electron chi connectivity index (χ4n) is 2.22. The number of aromatic nitrogens is 1. The number of carbonyl (C=O) groups excluding carboxylic acids is 1.